The van der Waals surface area contributed by atoms with Crippen LogP contribution in [0.5, 0.6) is 5.75 Å². The Labute approximate surface area is 218 Å². The summed E-state index contributed by atoms with van der Waals surface area (Å²) in [6, 6.07) is 11.1. The number of carbonyl (C=O) groups excluding carboxylic acids is 3. The molecule has 3 aromatic rings. The Morgan fingerprint density at radius 2 is 1.92 bits per heavy atom. The van der Waals surface area contributed by atoms with Gasteiger partial charge in [0.1, 0.15) is 17.6 Å². The molecule has 37 heavy (non-hydrogen) atoms. The Balaban J connectivity index is 1.47. The van der Waals surface area contributed by atoms with Crippen molar-refractivity contribution in [3.63, 3.8) is 0 Å². The first-order chi connectivity index (χ1) is 17.9. The summed E-state index contributed by atoms with van der Waals surface area (Å²) in [7, 11) is 1.62. The van der Waals surface area contributed by atoms with Crippen molar-refractivity contribution in [2.75, 3.05) is 12.4 Å². The number of hydrogen-bond acceptors (Lipinski definition) is 4. The average molecular weight is 504 g/mol. The number of anilines is 1. The van der Waals surface area contributed by atoms with E-state index < -0.39 is 6.04 Å². The van der Waals surface area contributed by atoms with Crippen molar-refractivity contribution in [1.82, 2.24) is 10.3 Å². The highest BCUT2D eigenvalue weighted by Crippen LogP contribution is 2.29. The molecule has 1 unspecified atom stereocenters. The molecule has 0 aliphatic heterocycles. The molecule has 0 saturated carbocycles. The van der Waals surface area contributed by atoms with Crippen LogP contribution in [-0.4, -0.2) is 35.7 Å². The van der Waals surface area contributed by atoms with E-state index in [1.54, 1.807) is 14.0 Å². The summed E-state index contributed by atoms with van der Waals surface area (Å²) < 4.78 is 5.37. The van der Waals surface area contributed by atoms with E-state index in [0.29, 0.717) is 12.8 Å². The zero-order chi connectivity index (χ0) is 26.4. The van der Waals surface area contributed by atoms with Crippen molar-refractivity contribution in [2.45, 2.75) is 77.7 Å². The van der Waals surface area contributed by atoms with E-state index in [9.17, 15) is 14.4 Å². The van der Waals surface area contributed by atoms with Gasteiger partial charge < -0.3 is 25.1 Å². The number of ether oxygens (including phenoxy) is 1. The minimum Gasteiger partial charge on any atom is -0.497 e. The summed E-state index contributed by atoms with van der Waals surface area (Å²) in [5.41, 5.74) is 6.09. The number of aromatic amines is 1. The zero-order valence-electron chi connectivity index (χ0n) is 22.0. The molecule has 1 heterocycles. The van der Waals surface area contributed by atoms with Crippen LogP contribution < -0.4 is 15.4 Å². The van der Waals surface area contributed by atoms with Crippen molar-refractivity contribution in [2.24, 2.45) is 0 Å². The number of unbranched alkanes of at least 4 members (excludes halogenated alkanes) is 2. The van der Waals surface area contributed by atoms with Crippen LogP contribution in [0.15, 0.2) is 36.4 Å². The number of rotatable bonds is 12. The Kier molecular flexibility index (Phi) is 8.64. The fourth-order valence-electron chi connectivity index (χ4n) is 5.25. The fourth-order valence-corrected chi connectivity index (χ4v) is 5.25. The molecule has 3 N–H and O–H groups in total. The number of benzene rings is 2. The maximum Gasteiger partial charge on any atom is 0.246 e. The molecule has 4 rings (SSSR count). The van der Waals surface area contributed by atoms with Gasteiger partial charge in [-0.15, -0.1) is 0 Å². The first kappa shape index (κ1) is 26.5. The van der Waals surface area contributed by atoms with Crippen LogP contribution in [-0.2, 0) is 33.6 Å². The van der Waals surface area contributed by atoms with Crippen molar-refractivity contribution < 1.29 is 19.1 Å². The second kappa shape index (κ2) is 12.1. The summed E-state index contributed by atoms with van der Waals surface area (Å²) in [6.07, 6.45) is 6.68. The molecule has 2 aromatic carbocycles. The highest BCUT2D eigenvalue weighted by Gasteiger charge is 2.24. The molecule has 196 valence electrons. The van der Waals surface area contributed by atoms with Gasteiger partial charge in [0.2, 0.25) is 11.8 Å². The summed E-state index contributed by atoms with van der Waals surface area (Å²) in [5, 5.41) is 7.03. The number of Topliss-reactive ketones (excluding diaryl/α,β-unsaturated/α-hetero) is 1. The molecule has 0 bridgehead atoms. The normalized spacial score (nSPS) is 13.3. The van der Waals surface area contributed by atoms with E-state index >= 15 is 0 Å². The van der Waals surface area contributed by atoms with E-state index in [0.717, 1.165) is 72.1 Å². The Hall–Kier alpha value is -3.61. The standard InChI is InChI=1S/C30H37N3O4/c1-19(34)9-5-4-6-13-28(30(36)33-26-14-8-11-21-10-7-12-23(21)26)32-29(35)18-24-20(2)31-27-16-15-22(37-3)17-25(24)27/h8,11,14-17,28,31H,4-7,9-10,12-13,18H2,1-3H3,(H,32,35)(H,33,36). The second-order valence-corrected chi connectivity index (χ2v) is 10.0. The van der Waals surface area contributed by atoms with Gasteiger partial charge in [-0.2, -0.15) is 0 Å². The number of fused-ring (bicyclic) bond motifs is 2. The predicted molar refractivity (Wildman–Crippen MR) is 146 cm³/mol. The number of ketones is 1. The number of hydrogen-bond donors (Lipinski definition) is 3. The highest BCUT2D eigenvalue weighted by molar-refractivity contribution is 5.99. The van der Waals surface area contributed by atoms with Crippen molar-refractivity contribution >= 4 is 34.2 Å². The second-order valence-electron chi connectivity index (χ2n) is 10.0. The largest absolute Gasteiger partial charge is 0.497 e. The number of carbonyl (C=O) groups is 3. The van der Waals surface area contributed by atoms with Gasteiger partial charge in [0.25, 0.3) is 0 Å². The maximum absolute atomic E-state index is 13.4. The number of aromatic nitrogens is 1. The third kappa shape index (κ3) is 6.59. The van der Waals surface area contributed by atoms with Gasteiger partial charge >= 0.3 is 0 Å². The minimum atomic E-state index is -0.651. The first-order valence-electron chi connectivity index (χ1n) is 13.2. The summed E-state index contributed by atoms with van der Waals surface area (Å²) in [4.78, 5) is 41.2. The highest BCUT2D eigenvalue weighted by atomic mass is 16.5. The quantitative estimate of drug-likeness (QED) is 0.297. The number of amides is 2. The molecule has 1 aromatic heterocycles. The van der Waals surface area contributed by atoms with E-state index in [-0.39, 0.29) is 24.0 Å². The smallest absolute Gasteiger partial charge is 0.246 e. The third-order valence-corrected chi connectivity index (χ3v) is 7.24. The molecule has 0 radical (unpaired) electrons. The number of H-pyrrole nitrogens is 1. The van der Waals surface area contributed by atoms with Gasteiger partial charge in [0.15, 0.2) is 0 Å². The van der Waals surface area contributed by atoms with Crippen LogP contribution >= 0.6 is 0 Å². The average Bonchev–Trinajstić information content (AvgIpc) is 3.47. The Morgan fingerprint density at radius 1 is 1.08 bits per heavy atom. The lowest BCUT2D eigenvalue weighted by molar-refractivity contribution is -0.126. The van der Waals surface area contributed by atoms with Gasteiger partial charge in [0, 0.05) is 28.7 Å². The van der Waals surface area contributed by atoms with Gasteiger partial charge in [0.05, 0.1) is 13.5 Å². The SMILES string of the molecule is COc1ccc2[nH]c(C)c(CC(=O)NC(CCCCCC(C)=O)C(=O)Nc3cccc4c3CCC4)c2c1. The van der Waals surface area contributed by atoms with E-state index in [1.165, 1.54) is 11.1 Å². The first-order valence-corrected chi connectivity index (χ1v) is 13.2. The Morgan fingerprint density at radius 3 is 2.70 bits per heavy atom. The molecule has 7 nitrogen and oxygen atoms in total. The molecular formula is C30H37N3O4. The third-order valence-electron chi connectivity index (χ3n) is 7.24. The maximum atomic E-state index is 13.4. The van der Waals surface area contributed by atoms with E-state index in [4.69, 9.17) is 4.74 Å². The van der Waals surface area contributed by atoms with Crippen molar-refractivity contribution in [3.8, 4) is 5.75 Å². The van der Waals surface area contributed by atoms with Crippen LogP contribution in [0.1, 0.15) is 67.8 Å². The molecule has 1 atom stereocenters. The molecule has 0 spiro atoms. The zero-order valence-corrected chi connectivity index (χ0v) is 22.0. The van der Waals surface area contributed by atoms with E-state index in [1.807, 2.05) is 37.3 Å². The lowest BCUT2D eigenvalue weighted by Gasteiger charge is -2.20. The fraction of sp³-hybridized carbons (Fsp3) is 0.433. The van der Waals surface area contributed by atoms with E-state index in [2.05, 4.69) is 21.7 Å². The van der Waals surface area contributed by atoms with Crippen molar-refractivity contribution in [3.05, 3.63) is 58.8 Å². The summed E-state index contributed by atoms with van der Waals surface area (Å²) in [5.74, 6) is 0.504. The van der Waals surface area contributed by atoms with Gasteiger partial charge in [-0.1, -0.05) is 25.0 Å². The number of methoxy groups -OCH3 is 1. The molecule has 7 heteroatoms. The number of nitrogens with one attached hydrogen (secondary N) is 3. The van der Waals surface area contributed by atoms with Gasteiger partial charge in [-0.05, 0) is 86.9 Å². The van der Waals surface area contributed by atoms with Crippen molar-refractivity contribution in [1.29, 1.82) is 0 Å². The molecule has 0 fully saturated rings. The monoisotopic (exact) mass is 503 g/mol. The van der Waals surface area contributed by atoms with Gasteiger partial charge in [-0.3, -0.25) is 9.59 Å². The molecule has 1 aliphatic carbocycles. The predicted octanol–water partition coefficient (Wildman–Crippen LogP) is 5.18. The van der Waals surface area contributed by atoms with Crippen LogP contribution in [0.25, 0.3) is 10.9 Å². The van der Waals surface area contributed by atoms with Crippen LogP contribution in [0, 0.1) is 6.92 Å². The lowest BCUT2D eigenvalue weighted by Crippen LogP contribution is -2.44. The molecule has 1 aliphatic rings. The molecule has 2 amide bonds. The van der Waals surface area contributed by atoms with Crippen LogP contribution in [0.4, 0.5) is 5.69 Å². The topological polar surface area (TPSA) is 100 Å². The minimum absolute atomic E-state index is 0.161. The van der Waals surface area contributed by atoms with Crippen LogP contribution in [0.3, 0.4) is 0 Å². The lowest BCUT2D eigenvalue weighted by atomic mass is 10.0. The van der Waals surface area contributed by atoms with Crippen LogP contribution in [0.2, 0.25) is 0 Å². The summed E-state index contributed by atoms with van der Waals surface area (Å²) >= 11 is 0. The number of aryl methyl sites for hydroxylation is 2. The Bertz CT molecular complexity index is 1290. The molecular weight excluding hydrogens is 466 g/mol. The van der Waals surface area contributed by atoms with Gasteiger partial charge in [-0.25, -0.2) is 0 Å². The summed E-state index contributed by atoms with van der Waals surface area (Å²) in [6.45, 7) is 3.54. The molecule has 0 saturated heterocycles.